The van der Waals surface area contributed by atoms with Crippen molar-refractivity contribution in [1.82, 2.24) is 4.90 Å². The number of fused-ring (bicyclic) bond motifs is 1. The fourth-order valence-electron chi connectivity index (χ4n) is 5.75. The maximum atomic E-state index is 14.1. The number of ether oxygens (including phenoxy) is 1. The zero-order valence-corrected chi connectivity index (χ0v) is 21.9. The quantitative estimate of drug-likeness (QED) is 0.422. The summed E-state index contributed by atoms with van der Waals surface area (Å²) in [5.41, 5.74) is 3.54. The number of esters is 1. The van der Waals surface area contributed by atoms with Gasteiger partial charge in [0.2, 0.25) is 11.8 Å². The summed E-state index contributed by atoms with van der Waals surface area (Å²) in [6.45, 7) is 7.40. The number of amides is 2. The highest BCUT2D eigenvalue weighted by Crippen LogP contribution is 2.45. The third-order valence-corrected chi connectivity index (χ3v) is 7.61. The summed E-state index contributed by atoms with van der Waals surface area (Å²) in [4.78, 5) is 42.5. The summed E-state index contributed by atoms with van der Waals surface area (Å²) >= 11 is 0. The number of likely N-dealkylation sites (tertiary alicyclic amines) is 1. The standard InChI is InChI=1S/C30H36N2O5/c1-5-37-30(36)25-20(4)13-14-23-26(25)29(35)32(22(17-33)16-21-9-7-6-8-10-21)27(23)28(34)31-24-15-18(2)11-12-19(24)3/h6-15,20,22-23,25-27,33H,5,16-17H2,1-4H3,(H,31,34)/t20-,22-,23+,25-,26-,27+/m1/s1. The average Bonchev–Trinajstić information content (AvgIpc) is 3.17. The molecule has 1 heterocycles. The van der Waals surface area contributed by atoms with Gasteiger partial charge in [-0.05, 0) is 55.9 Å². The average molecular weight is 505 g/mol. The van der Waals surface area contributed by atoms with Crippen LogP contribution in [-0.4, -0.2) is 53.1 Å². The molecule has 1 aliphatic carbocycles. The summed E-state index contributed by atoms with van der Waals surface area (Å²) in [6.07, 6.45) is 4.19. The van der Waals surface area contributed by atoms with E-state index in [1.807, 2.05) is 81.5 Å². The third kappa shape index (κ3) is 5.32. The van der Waals surface area contributed by atoms with Crippen LogP contribution in [0.1, 0.15) is 30.5 Å². The summed E-state index contributed by atoms with van der Waals surface area (Å²) in [7, 11) is 0. The second-order valence-electron chi connectivity index (χ2n) is 10.1. The van der Waals surface area contributed by atoms with Crippen molar-refractivity contribution in [2.24, 2.45) is 23.7 Å². The van der Waals surface area contributed by atoms with Crippen LogP contribution in [0.25, 0.3) is 0 Å². The molecule has 4 rings (SSSR count). The number of anilines is 1. The second-order valence-corrected chi connectivity index (χ2v) is 10.1. The number of nitrogens with one attached hydrogen (secondary N) is 1. The minimum Gasteiger partial charge on any atom is -0.466 e. The Bertz CT molecular complexity index is 1180. The van der Waals surface area contributed by atoms with Gasteiger partial charge in [0.05, 0.1) is 31.1 Å². The molecular weight excluding hydrogens is 468 g/mol. The van der Waals surface area contributed by atoms with Crippen LogP contribution in [-0.2, 0) is 25.5 Å². The second kappa shape index (κ2) is 11.3. The van der Waals surface area contributed by atoms with Gasteiger partial charge < -0.3 is 20.1 Å². The predicted molar refractivity (Wildman–Crippen MR) is 142 cm³/mol. The first-order valence-electron chi connectivity index (χ1n) is 13.0. The summed E-state index contributed by atoms with van der Waals surface area (Å²) in [6, 6.07) is 13.9. The first kappa shape index (κ1) is 26.6. The highest BCUT2D eigenvalue weighted by atomic mass is 16.5. The van der Waals surface area contributed by atoms with Crippen molar-refractivity contribution in [1.29, 1.82) is 0 Å². The van der Waals surface area contributed by atoms with Crippen LogP contribution in [0.5, 0.6) is 0 Å². The molecule has 6 atom stereocenters. The van der Waals surface area contributed by atoms with Gasteiger partial charge in [-0.3, -0.25) is 14.4 Å². The number of allylic oxidation sites excluding steroid dienone is 1. The Kier molecular flexibility index (Phi) is 8.13. The zero-order chi connectivity index (χ0) is 26.7. The maximum Gasteiger partial charge on any atom is 0.310 e. The Morgan fingerprint density at radius 2 is 1.84 bits per heavy atom. The number of rotatable bonds is 8. The summed E-state index contributed by atoms with van der Waals surface area (Å²) in [5.74, 6) is -3.22. The smallest absolute Gasteiger partial charge is 0.310 e. The minimum absolute atomic E-state index is 0.213. The molecule has 1 aliphatic heterocycles. The number of nitrogens with zero attached hydrogens (tertiary/aromatic N) is 1. The van der Waals surface area contributed by atoms with Crippen molar-refractivity contribution in [3.63, 3.8) is 0 Å². The lowest BCUT2D eigenvalue weighted by atomic mass is 9.70. The molecule has 196 valence electrons. The van der Waals surface area contributed by atoms with Gasteiger partial charge in [0.15, 0.2) is 0 Å². The largest absolute Gasteiger partial charge is 0.466 e. The molecule has 0 bridgehead atoms. The molecule has 0 saturated carbocycles. The molecule has 37 heavy (non-hydrogen) atoms. The molecular formula is C30H36N2O5. The zero-order valence-electron chi connectivity index (χ0n) is 21.9. The molecule has 1 fully saturated rings. The molecule has 7 nitrogen and oxygen atoms in total. The van der Waals surface area contributed by atoms with Crippen molar-refractivity contribution in [2.45, 2.75) is 46.2 Å². The molecule has 0 aromatic heterocycles. The highest BCUT2D eigenvalue weighted by molar-refractivity contribution is 6.02. The Hall–Kier alpha value is -3.45. The Morgan fingerprint density at radius 3 is 2.51 bits per heavy atom. The SMILES string of the molecule is CCOC(=O)[C@H]1[C@@H]2C(=O)N([C@@H](CO)Cc3ccccc3)[C@H](C(=O)Nc3cc(C)ccc3C)[C@H]2C=C[C@H]1C. The van der Waals surface area contributed by atoms with E-state index >= 15 is 0 Å². The summed E-state index contributed by atoms with van der Waals surface area (Å²) in [5, 5.41) is 13.5. The minimum atomic E-state index is -0.876. The van der Waals surface area contributed by atoms with E-state index in [-0.39, 0.29) is 30.9 Å². The fourth-order valence-corrected chi connectivity index (χ4v) is 5.75. The number of carbonyl (C=O) groups is 3. The fraction of sp³-hybridized carbons (Fsp3) is 0.433. The molecule has 0 unspecified atom stereocenters. The molecule has 2 aromatic carbocycles. The van der Waals surface area contributed by atoms with Crippen molar-refractivity contribution in [2.75, 3.05) is 18.5 Å². The van der Waals surface area contributed by atoms with E-state index in [4.69, 9.17) is 4.74 Å². The van der Waals surface area contributed by atoms with Gasteiger partial charge in [-0.2, -0.15) is 0 Å². The topological polar surface area (TPSA) is 95.9 Å². The lowest BCUT2D eigenvalue weighted by Gasteiger charge is -2.33. The predicted octanol–water partition coefficient (Wildman–Crippen LogP) is 3.67. The van der Waals surface area contributed by atoms with Crippen LogP contribution in [0, 0.1) is 37.5 Å². The van der Waals surface area contributed by atoms with E-state index in [2.05, 4.69) is 5.32 Å². The molecule has 2 N–H and O–H groups in total. The van der Waals surface area contributed by atoms with E-state index in [1.54, 1.807) is 6.92 Å². The van der Waals surface area contributed by atoms with Crippen LogP contribution < -0.4 is 5.32 Å². The van der Waals surface area contributed by atoms with E-state index in [9.17, 15) is 19.5 Å². The van der Waals surface area contributed by atoms with Gasteiger partial charge >= 0.3 is 5.97 Å². The number of benzene rings is 2. The Morgan fingerprint density at radius 1 is 1.11 bits per heavy atom. The molecule has 7 heteroatoms. The third-order valence-electron chi connectivity index (χ3n) is 7.61. The van der Waals surface area contributed by atoms with E-state index < -0.39 is 35.8 Å². The number of aryl methyl sites for hydroxylation is 2. The first-order chi connectivity index (χ1) is 17.8. The highest BCUT2D eigenvalue weighted by Gasteiger charge is 2.58. The Labute approximate surface area is 218 Å². The van der Waals surface area contributed by atoms with Gasteiger partial charge in [0.25, 0.3) is 0 Å². The Balaban J connectivity index is 1.75. The monoisotopic (exact) mass is 504 g/mol. The number of carbonyl (C=O) groups excluding carboxylic acids is 3. The van der Waals surface area contributed by atoms with E-state index in [1.165, 1.54) is 4.90 Å². The maximum absolute atomic E-state index is 14.1. The van der Waals surface area contributed by atoms with Gasteiger partial charge in [0, 0.05) is 11.6 Å². The van der Waals surface area contributed by atoms with Crippen LogP contribution in [0.2, 0.25) is 0 Å². The van der Waals surface area contributed by atoms with Crippen molar-refractivity contribution in [3.8, 4) is 0 Å². The van der Waals surface area contributed by atoms with Gasteiger partial charge in [0.1, 0.15) is 6.04 Å². The van der Waals surface area contributed by atoms with Gasteiger partial charge in [-0.1, -0.05) is 61.5 Å². The van der Waals surface area contributed by atoms with E-state index in [0.717, 1.165) is 16.7 Å². The van der Waals surface area contributed by atoms with E-state index in [0.29, 0.717) is 12.1 Å². The molecule has 2 aliphatic rings. The van der Waals surface area contributed by atoms with Crippen LogP contribution >= 0.6 is 0 Å². The molecule has 2 amide bonds. The number of aliphatic hydroxyl groups excluding tert-OH is 1. The van der Waals surface area contributed by atoms with Crippen molar-refractivity contribution >= 4 is 23.5 Å². The molecule has 0 spiro atoms. The molecule has 2 aromatic rings. The van der Waals surface area contributed by atoms with Gasteiger partial charge in [-0.15, -0.1) is 0 Å². The van der Waals surface area contributed by atoms with Crippen LogP contribution in [0.3, 0.4) is 0 Å². The molecule has 1 saturated heterocycles. The normalized spacial score (nSPS) is 25.5. The first-order valence-corrected chi connectivity index (χ1v) is 13.0. The molecule has 0 radical (unpaired) electrons. The van der Waals surface area contributed by atoms with Crippen molar-refractivity contribution < 1.29 is 24.2 Å². The van der Waals surface area contributed by atoms with Gasteiger partial charge in [-0.25, -0.2) is 0 Å². The van der Waals surface area contributed by atoms with Crippen molar-refractivity contribution in [3.05, 3.63) is 77.4 Å². The summed E-state index contributed by atoms with van der Waals surface area (Å²) < 4.78 is 5.35. The van der Waals surface area contributed by atoms with Crippen LogP contribution in [0.15, 0.2) is 60.7 Å². The number of aliphatic hydroxyl groups is 1. The number of hydrogen-bond acceptors (Lipinski definition) is 5. The van der Waals surface area contributed by atoms with Crippen LogP contribution in [0.4, 0.5) is 5.69 Å². The lowest BCUT2D eigenvalue weighted by molar-refractivity contribution is -0.155. The number of hydrogen-bond donors (Lipinski definition) is 2. The lowest BCUT2D eigenvalue weighted by Crippen LogP contribution is -2.51.